The van der Waals surface area contributed by atoms with Crippen LogP contribution in [0.5, 0.6) is 0 Å². The molecule has 1 atom stereocenters. The van der Waals surface area contributed by atoms with Crippen LogP contribution in [0, 0.1) is 5.92 Å². The van der Waals surface area contributed by atoms with Crippen LogP contribution in [0.25, 0.3) is 10.8 Å². The first kappa shape index (κ1) is 21.9. The van der Waals surface area contributed by atoms with Gasteiger partial charge in [0.15, 0.2) is 0 Å². The summed E-state index contributed by atoms with van der Waals surface area (Å²) >= 11 is 0. The summed E-state index contributed by atoms with van der Waals surface area (Å²) in [7, 11) is 0. The van der Waals surface area contributed by atoms with E-state index in [4.69, 9.17) is 5.73 Å². The molecule has 0 aliphatic heterocycles. The quantitative estimate of drug-likeness (QED) is 0.661. The van der Waals surface area contributed by atoms with Crippen LogP contribution in [0.1, 0.15) is 38.3 Å². The number of nitrogens with one attached hydrogen (secondary N) is 2. The molecule has 2 aromatic carbocycles. The van der Waals surface area contributed by atoms with E-state index < -0.39 is 0 Å². The Kier molecular flexibility index (Phi) is 9.10. The van der Waals surface area contributed by atoms with E-state index in [2.05, 4.69) is 22.8 Å². The van der Waals surface area contributed by atoms with E-state index in [0.29, 0.717) is 25.4 Å². The molecular weight excluding hydrogens is 350 g/mol. The van der Waals surface area contributed by atoms with Crippen molar-refractivity contribution in [1.82, 2.24) is 10.6 Å². The summed E-state index contributed by atoms with van der Waals surface area (Å²) in [6.07, 6.45) is 0.720. The van der Waals surface area contributed by atoms with Gasteiger partial charge < -0.3 is 16.4 Å². The Labute approximate surface area is 161 Å². The predicted octanol–water partition coefficient (Wildman–Crippen LogP) is 2.93. The molecule has 0 aromatic heterocycles. The van der Waals surface area contributed by atoms with Crippen molar-refractivity contribution in [2.24, 2.45) is 11.7 Å². The zero-order valence-electron chi connectivity index (χ0n) is 15.3. The fourth-order valence-corrected chi connectivity index (χ4v) is 2.73. The van der Waals surface area contributed by atoms with E-state index in [9.17, 15) is 9.59 Å². The van der Waals surface area contributed by atoms with Crippen molar-refractivity contribution < 1.29 is 9.59 Å². The average molecular weight is 378 g/mol. The van der Waals surface area contributed by atoms with Gasteiger partial charge in [-0.2, -0.15) is 0 Å². The van der Waals surface area contributed by atoms with Crippen LogP contribution in [-0.4, -0.2) is 24.9 Å². The van der Waals surface area contributed by atoms with Crippen molar-refractivity contribution in [2.45, 2.75) is 32.7 Å². The third kappa shape index (κ3) is 6.65. The van der Waals surface area contributed by atoms with Crippen molar-refractivity contribution in [3.8, 4) is 0 Å². The summed E-state index contributed by atoms with van der Waals surface area (Å²) in [6.45, 7) is 4.64. The van der Waals surface area contributed by atoms with Crippen molar-refractivity contribution in [3.05, 3.63) is 48.0 Å². The van der Waals surface area contributed by atoms with Crippen LogP contribution < -0.4 is 16.4 Å². The van der Waals surface area contributed by atoms with Crippen LogP contribution in [0.4, 0.5) is 0 Å². The summed E-state index contributed by atoms with van der Waals surface area (Å²) in [5, 5.41) is 7.99. The Morgan fingerprint density at radius 2 is 1.73 bits per heavy atom. The molecule has 0 bridgehead atoms. The first-order chi connectivity index (χ1) is 12.0. The van der Waals surface area contributed by atoms with Crippen molar-refractivity contribution in [2.75, 3.05) is 13.1 Å². The van der Waals surface area contributed by atoms with Gasteiger partial charge in [-0.3, -0.25) is 9.59 Å². The molecule has 0 spiro atoms. The van der Waals surface area contributed by atoms with Crippen molar-refractivity contribution in [3.63, 3.8) is 0 Å². The number of benzene rings is 2. The maximum absolute atomic E-state index is 12.1. The second kappa shape index (κ2) is 10.8. The Hall–Kier alpha value is -2.11. The van der Waals surface area contributed by atoms with Gasteiger partial charge in [-0.25, -0.2) is 0 Å². The number of amides is 2. The Morgan fingerprint density at radius 3 is 2.38 bits per heavy atom. The zero-order valence-corrected chi connectivity index (χ0v) is 16.1. The van der Waals surface area contributed by atoms with E-state index >= 15 is 0 Å². The van der Waals surface area contributed by atoms with Gasteiger partial charge in [0.2, 0.25) is 11.8 Å². The second-order valence-corrected chi connectivity index (χ2v) is 6.66. The minimum absolute atomic E-state index is 0. The lowest BCUT2D eigenvalue weighted by Gasteiger charge is -2.18. The monoisotopic (exact) mass is 377 g/mol. The first-order valence-electron chi connectivity index (χ1n) is 8.74. The molecule has 0 aliphatic carbocycles. The minimum atomic E-state index is -0.233. The lowest BCUT2D eigenvalue weighted by Crippen LogP contribution is -2.36. The van der Waals surface area contributed by atoms with Gasteiger partial charge in [-0.1, -0.05) is 50.2 Å². The summed E-state index contributed by atoms with van der Waals surface area (Å²) < 4.78 is 0. The maximum Gasteiger partial charge on any atom is 0.222 e. The molecule has 1 unspecified atom stereocenters. The highest BCUT2D eigenvalue weighted by atomic mass is 35.5. The lowest BCUT2D eigenvalue weighted by molar-refractivity contribution is -0.123. The largest absolute Gasteiger partial charge is 0.356 e. The van der Waals surface area contributed by atoms with Gasteiger partial charge in [0.05, 0.1) is 6.04 Å². The summed E-state index contributed by atoms with van der Waals surface area (Å²) in [5.74, 6) is 0.171. The van der Waals surface area contributed by atoms with Gasteiger partial charge in [0, 0.05) is 25.9 Å². The van der Waals surface area contributed by atoms with Gasteiger partial charge in [0.25, 0.3) is 0 Å². The minimum Gasteiger partial charge on any atom is -0.356 e. The molecule has 26 heavy (non-hydrogen) atoms. The Balaban J connectivity index is 0.00000338. The highest BCUT2D eigenvalue weighted by Gasteiger charge is 2.14. The lowest BCUT2D eigenvalue weighted by atomic mass is 10.0. The highest BCUT2D eigenvalue weighted by molar-refractivity contribution is 5.85. The van der Waals surface area contributed by atoms with E-state index in [1.807, 2.05) is 44.2 Å². The molecule has 0 radical (unpaired) electrons. The van der Waals surface area contributed by atoms with Gasteiger partial charge in [0.1, 0.15) is 0 Å². The molecule has 2 aromatic rings. The predicted molar refractivity (Wildman–Crippen MR) is 108 cm³/mol. The summed E-state index contributed by atoms with van der Waals surface area (Å²) in [6, 6.07) is 13.9. The van der Waals surface area contributed by atoms with Crippen LogP contribution in [0.15, 0.2) is 42.5 Å². The highest BCUT2D eigenvalue weighted by Crippen LogP contribution is 2.20. The summed E-state index contributed by atoms with van der Waals surface area (Å²) in [5.41, 5.74) is 6.83. The molecule has 0 fully saturated rings. The zero-order chi connectivity index (χ0) is 18.2. The van der Waals surface area contributed by atoms with Crippen LogP contribution in [-0.2, 0) is 9.59 Å². The molecule has 5 nitrogen and oxygen atoms in total. The Bertz CT molecular complexity index is 734. The molecule has 2 amide bonds. The third-order valence-corrected chi connectivity index (χ3v) is 4.01. The fourth-order valence-electron chi connectivity index (χ4n) is 2.73. The molecule has 0 saturated heterocycles. The number of rotatable bonds is 8. The average Bonchev–Trinajstić information content (AvgIpc) is 2.58. The number of hydrogen-bond donors (Lipinski definition) is 3. The van der Waals surface area contributed by atoms with Crippen LogP contribution in [0.2, 0.25) is 0 Å². The molecule has 0 saturated carbocycles. The second-order valence-electron chi connectivity index (χ2n) is 6.66. The Morgan fingerprint density at radius 1 is 1.04 bits per heavy atom. The molecule has 2 rings (SSSR count). The normalized spacial score (nSPS) is 11.7. The number of nitrogens with two attached hydrogens (primary N) is 1. The number of carbonyl (C=O) groups excluding carboxylic acids is 2. The van der Waals surface area contributed by atoms with E-state index in [0.717, 1.165) is 16.3 Å². The van der Waals surface area contributed by atoms with Crippen molar-refractivity contribution >= 4 is 35.0 Å². The molecule has 6 heteroatoms. The van der Waals surface area contributed by atoms with Gasteiger partial charge >= 0.3 is 0 Å². The van der Waals surface area contributed by atoms with Crippen LogP contribution in [0.3, 0.4) is 0 Å². The molecule has 142 valence electrons. The van der Waals surface area contributed by atoms with E-state index in [1.54, 1.807) is 0 Å². The number of hydrogen-bond acceptors (Lipinski definition) is 3. The smallest absolute Gasteiger partial charge is 0.222 e. The summed E-state index contributed by atoms with van der Waals surface area (Å²) in [4.78, 5) is 23.7. The van der Waals surface area contributed by atoms with Crippen LogP contribution >= 0.6 is 12.4 Å². The molecule has 4 N–H and O–H groups in total. The standard InChI is InChI=1S/C20H27N3O2.ClH/c1-14(2)11-20(25)22-10-9-19(24)23-18(13-21)17-8-7-15-5-3-4-6-16(15)12-17;/h3-8,12,14,18H,9-11,13,21H2,1-2H3,(H,22,25)(H,23,24);1H. The van der Waals surface area contributed by atoms with E-state index in [1.165, 1.54) is 0 Å². The van der Waals surface area contributed by atoms with Gasteiger partial charge in [-0.05, 0) is 28.3 Å². The topological polar surface area (TPSA) is 84.2 Å². The van der Waals surface area contributed by atoms with Gasteiger partial charge in [-0.15, -0.1) is 12.4 Å². The van der Waals surface area contributed by atoms with Crippen molar-refractivity contribution in [1.29, 1.82) is 0 Å². The van der Waals surface area contributed by atoms with E-state index in [-0.39, 0.29) is 36.7 Å². The first-order valence-corrected chi connectivity index (χ1v) is 8.74. The fraction of sp³-hybridized carbons (Fsp3) is 0.400. The number of halogens is 1. The molecular formula is C20H28ClN3O2. The SMILES string of the molecule is CC(C)CC(=O)NCCC(=O)NC(CN)c1ccc2ccccc2c1.Cl. The number of fused-ring (bicyclic) bond motifs is 1. The third-order valence-electron chi connectivity index (χ3n) is 4.01. The number of carbonyl (C=O) groups is 2. The molecule has 0 aliphatic rings. The maximum atomic E-state index is 12.1. The molecule has 0 heterocycles.